The van der Waals surface area contributed by atoms with Gasteiger partial charge in [-0.1, -0.05) is 0 Å². The Hall–Kier alpha value is -3.29. The molecule has 0 radical (unpaired) electrons. The SMILES string of the molecule is Cc1nc(C(=O)NNC(=O)c2ccc(S(=O)(=O)N3CCCC3)cc2)ccc1C#N. The minimum absolute atomic E-state index is 0.0499. The lowest BCUT2D eigenvalue weighted by Gasteiger charge is -2.15. The number of sulfonamides is 1. The zero-order chi connectivity index (χ0) is 21.0. The monoisotopic (exact) mass is 413 g/mol. The van der Waals surface area contributed by atoms with Gasteiger partial charge in [0.15, 0.2) is 0 Å². The van der Waals surface area contributed by atoms with E-state index in [0.29, 0.717) is 24.3 Å². The number of pyridine rings is 1. The van der Waals surface area contributed by atoms with Crippen molar-refractivity contribution in [3.05, 3.63) is 58.9 Å². The molecule has 0 spiro atoms. The number of hydrazine groups is 1. The van der Waals surface area contributed by atoms with E-state index in [1.54, 1.807) is 6.92 Å². The van der Waals surface area contributed by atoms with Gasteiger partial charge in [-0.2, -0.15) is 9.57 Å². The zero-order valence-electron chi connectivity index (χ0n) is 15.7. The quantitative estimate of drug-likeness (QED) is 0.722. The number of nitrogens with one attached hydrogen (secondary N) is 2. The predicted molar refractivity (Wildman–Crippen MR) is 103 cm³/mol. The van der Waals surface area contributed by atoms with Crippen LogP contribution in [0.15, 0.2) is 41.3 Å². The summed E-state index contributed by atoms with van der Waals surface area (Å²) >= 11 is 0. The van der Waals surface area contributed by atoms with Gasteiger partial charge in [-0.25, -0.2) is 13.4 Å². The number of hydrogen-bond acceptors (Lipinski definition) is 6. The molecule has 0 aliphatic carbocycles. The second-order valence-corrected chi connectivity index (χ2v) is 8.42. The van der Waals surface area contributed by atoms with Crippen molar-refractivity contribution in [2.75, 3.05) is 13.1 Å². The molecule has 2 amide bonds. The summed E-state index contributed by atoms with van der Waals surface area (Å²) in [6.45, 7) is 2.60. The molecule has 29 heavy (non-hydrogen) atoms. The number of nitriles is 1. The lowest BCUT2D eigenvalue weighted by molar-refractivity contribution is 0.0844. The smallest absolute Gasteiger partial charge is 0.267 e. The maximum absolute atomic E-state index is 12.5. The van der Waals surface area contributed by atoms with Crippen LogP contribution in [0.1, 0.15) is 44.9 Å². The Morgan fingerprint density at radius 1 is 1.03 bits per heavy atom. The maximum Gasteiger partial charge on any atom is 0.288 e. The van der Waals surface area contributed by atoms with E-state index in [-0.39, 0.29) is 16.2 Å². The number of aromatic nitrogens is 1. The highest BCUT2D eigenvalue weighted by molar-refractivity contribution is 7.89. The summed E-state index contributed by atoms with van der Waals surface area (Å²) in [7, 11) is -3.55. The third kappa shape index (κ3) is 4.42. The molecule has 0 unspecified atom stereocenters. The highest BCUT2D eigenvalue weighted by atomic mass is 32.2. The Morgan fingerprint density at radius 2 is 1.66 bits per heavy atom. The van der Waals surface area contributed by atoms with Gasteiger partial charge in [0.05, 0.1) is 16.2 Å². The molecule has 150 valence electrons. The lowest BCUT2D eigenvalue weighted by Crippen LogP contribution is -2.42. The van der Waals surface area contributed by atoms with E-state index in [9.17, 15) is 18.0 Å². The molecular formula is C19H19N5O4S. The Bertz CT molecular complexity index is 1080. The molecule has 1 saturated heterocycles. The van der Waals surface area contributed by atoms with Crippen molar-refractivity contribution >= 4 is 21.8 Å². The molecule has 1 aliphatic rings. The van der Waals surface area contributed by atoms with Crippen LogP contribution in [0.2, 0.25) is 0 Å². The molecule has 2 aromatic rings. The molecule has 2 heterocycles. The summed E-state index contributed by atoms with van der Waals surface area (Å²) in [5.41, 5.74) is 5.50. The van der Waals surface area contributed by atoms with E-state index in [1.165, 1.54) is 40.7 Å². The number of aryl methyl sites for hydroxylation is 1. The standard InChI is InChI=1S/C19H19N5O4S/c1-13-15(12-20)6-9-17(21-13)19(26)23-22-18(25)14-4-7-16(8-5-14)29(27,28)24-10-2-3-11-24/h4-9H,2-3,10-11H2,1H3,(H,22,25)(H,23,26). The summed E-state index contributed by atoms with van der Waals surface area (Å²) < 4.78 is 26.4. The first-order chi connectivity index (χ1) is 13.8. The molecule has 2 N–H and O–H groups in total. The van der Waals surface area contributed by atoms with Crippen LogP contribution < -0.4 is 10.9 Å². The van der Waals surface area contributed by atoms with Crippen LogP contribution in [-0.2, 0) is 10.0 Å². The Balaban J connectivity index is 1.63. The van der Waals surface area contributed by atoms with E-state index in [4.69, 9.17) is 5.26 Å². The van der Waals surface area contributed by atoms with E-state index < -0.39 is 21.8 Å². The number of hydrogen-bond donors (Lipinski definition) is 2. The average Bonchev–Trinajstić information content (AvgIpc) is 3.27. The number of carbonyl (C=O) groups is 2. The molecule has 1 fully saturated rings. The van der Waals surface area contributed by atoms with Crippen molar-refractivity contribution in [2.45, 2.75) is 24.7 Å². The zero-order valence-corrected chi connectivity index (χ0v) is 16.5. The maximum atomic E-state index is 12.5. The average molecular weight is 413 g/mol. The lowest BCUT2D eigenvalue weighted by atomic mass is 10.2. The molecule has 10 heteroatoms. The minimum atomic E-state index is -3.55. The molecule has 0 bridgehead atoms. The topological polar surface area (TPSA) is 132 Å². The van der Waals surface area contributed by atoms with Gasteiger partial charge < -0.3 is 0 Å². The van der Waals surface area contributed by atoms with E-state index in [1.807, 2.05) is 6.07 Å². The molecule has 0 saturated carbocycles. The van der Waals surface area contributed by atoms with Gasteiger partial charge >= 0.3 is 0 Å². The van der Waals surface area contributed by atoms with Crippen LogP contribution in [0.25, 0.3) is 0 Å². The summed E-state index contributed by atoms with van der Waals surface area (Å²) in [4.78, 5) is 28.5. The molecule has 9 nitrogen and oxygen atoms in total. The van der Waals surface area contributed by atoms with Crippen molar-refractivity contribution in [2.24, 2.45) is 0 Å². The Labute approximate surface area is 168 Å². The minimum Gasteiger partial charge on any atom is -0.267 e. The second-order valence-electron chi connectivity index (χ2n) is 6.49. The number of rotatable bonds is 4. The van der Waals surface area contributed by atoms with Gasteiger partial charge in [-0.05, 0) is 56.2 Å². The largest absolute Gasteiger partial charge is 0.288 e. The molecule has 1 aromatic carbocycles. The van der Waals surface area contributed by atoms with Crippen LogP contribution in [0, 0.1) is 18.3 Å². The summed E-state index contributed by atoms with van der Waals surface area (Å²) in [5, 5.41) is 8.89. The van der Waals surface area contributed by atoms with Crippen LogP contribution in [0.4, 0.5) is 0 Å². The first kappa shape index (κ1) is 20.4. The summed E-state index contributed by atoms with van der Waals surface area (Å²) in [6, 6.07) is 10.3. The van der Waals surface area contributed by atoms with Crippen molar-refractivity contribution in [1.82, 2.24) is 20.1 Å². The highest BCUT2D eigenvalue weighted by Gasteiger charge is 2.27. The molecular weight excluding hydrogens is 394 g/mol. The van der Waals surface area contributed by atoms with Gasteiger partial charge in [-0.15, -0.1) is 0 Å². The van der Waals surface area contributed by atoms with E-state index >= 15 is 0 Å². The fraction of sp³-hybridized carbons (Fsp3) is 0.263. The van der Waals surface area contributed by atoms with Gasteiger partial charge in [0.2, 0.25) is 10.0 Å². The van der Waals surface area contributed by atoms with Crippen LogP contribution >= 0.6 is 0 Å². The van der Waals surface area contributed by atoms with Crippen LogP contribution in [0.5, 0.6) is 0 Å². The summed E-state index contributed by atoms with van der Waals surface area (Å²) in [6.07, 6.45) is 1.68. The van der Waals surface area contributed by atoms with Crippen LogP contribution in [0.3, 0.4) is 0 Å². The van der Waals surface area contributed by atoms with E-state index in [0.717, 1.165) is 12.8 Å². The van der Waals surface area contributed by atoms with E-state index in [2.05, 4.69) is 15.8 Å². The third-order valence-corrected chi connectivity index (χ3v) is 6.46. The molecule has 0 atom stereocenters. The first-order valence-corrected chi connectivity index (χ1v) is 10.4. The third-order valence-electron chi connectivity index (χ3n) is 4.55. The number of nitrogens with zero attached hydrogens (tertiary/aromatic N) is 3. The molecule has 1 aliphatic heterocycles. The molecule has 1 aromatic heterocycles. The number of amides is 2. The van der Waals surface area contributed by atoms with Gasteiger partial charge in [0, 0.05) is 18.7 Å². The fourth-order valence-electron chi connectivity index (χ4n) is 2.91. The predicted octanol–water partition coefficient (Wildman–Crippen LogP) is 1.12. The van der Waals surface area contributed by atoms with Crippen molar-refractivity contribution in [3.8, 4) is 6.07 Å². The van der Waals surface area contributed by atoms with Gasteiger partial charge in [-0.3, -0.25) is 20.4 Å². The normalized spacial score (nSPS) is 14.2. The van der Waals surface area contributed by atoms with Gasteiger partial charge in [0.1, 0.15) is 11.8 Å². The Kier molecular flexibility index (Phi) is 5.91. The summed E-state index contributed by atoms with van der Waals surface area (Å²) in [5.74, 6) is -1.24. The Morgan fingerprint density at radius 3 is 2.24 bits per heavy atom. The van der Waals surface area contributed by atoms with Crippen LogP contribution in [-0.4, -0.2) is 42.6 Å². The number of benzene rings is 1. The second kappa shape index (κ2) is 8.38. The van der Waals surface area contributed by atoms with Gasteiger partial charge in [0.25, 0.3) is 11.8 Å². The van der Waals surface area contributed by atoms with Crippen molar-refractivity contribution in [3.63, 3.8) is 0 Å². The fourth-order valence-corrected chi connectivity index (χ4v) is 4.43. The molecule has 3 rings (SSSR count). The highest BCUT2D eigenvalue weighted by Crippen LogP contribution is 2.21. The first-order valence-electron chi connectivity index (χ1n) is 8.91. The number of carbonyl (C=O) groups excluding carboxylic acids is 2. The van der Waals surface area contributed by atoms with Crippen molar-refractivity contribution in [1.29, 1.82) is 5.26 Å². The van der Waals surface area contributed by atoms with Crippen molar-refractivity contribution < 1.29 is 18.0 Å².